The van der Waals surface area contributed by atoms with Gasteiger partial charge in [-0.2, -0.15) is 0 Å². The van der Waals surface area contributed by atoms with Crippen LogP contribution in [0.5, 0.6) is 0 Å². The number of hydrogen-bond donors (Lipinski definition) is 2. The number of nitrogens with zero attached hydrogens (tertiary/aromatic N) is 2. The Balaban J connectivity index is 1.64. The molecule has 2 heterocycles. The molecular weight excluding hydrogens is 340 g/mol. The van der Waals surface area contributed by atoms with E-state index in [4.69, 9.17) is 5.73 Å². The standard InChI is InChI=1S/C17H22N4O3S/c18-17(24)12-5-7-20(8-6-12)14-4-2-1-3-13(14)19-15(22)9-21-11-25-10-16(21)23/h1-4,12H,5-11H2,(H2,18,24)(H,19,22). The van der Waals surface area contributed by atoms with Crippen LogP contribution in [0.25, 0.3) is 0 Å². The van der Waals surface area contributed by atoms with Crippen molar-refractivity contribution in [3.8, 4) is 0 Å². The van der Waals surface area contributed by atoms with E-state index in [0.29, 0.717) is 11.6 Å². The summed E-state index contributed by atoms with van der Waals surface area (Å²) < 4.78 is 0. The Bertz CT molecular complexity index is 674. The second-order valence-corrected chi connectivity index (χ2v) is 7.25. The number of anilines is 2. The van der Waals surface area contributed by atoms with Gasteiger partial charge < -0.3 is 20.9 Å². The fraction of sp³-hybridized carbons (Fsp3) is 0.471. The maximum atomic E-state index is 12.3. The summed E-state index contributed by atoms with van der Waals surface area (Å²) >= 11 is 1.52. The molecule has 3 rings (SSSR count). The zero-order valence-corrected chi connectivity index (χ0v) is 14.8. The normalized spacial score (nSPS) is 18.5. The van der Waals surface area contributed by atoms with Crippen LogP contribution in [0.1, 0.15) is 12.8 Å². The molecule has 0 saturated carbocycles. The molecule has 0 aliphatic carbocycles. The maximum Gasteiger partial charge on any atom is 0.244 e. The lowest BCUT2D eigenvalue weighted by molar-refractivity contribution is -0.130. The molecule has 8 heteroatoms. The van der Waals surface area contributed by atoms with Crippen molar-refractivity contribution in [2.45, 2.75) is 12.8 Å². The Morgan fingerprint density at radius 2 is 1.96 bits per heavy atom. The van der Waals surface area contributed by atoms with E-state index in [1.54, 1.807) is 4.90 Å². The molecule has 134 valence electrons. The van der Waals surface area contributed by atoms with Gasteiger partial charge >= 0.3 is 0 Å². The van der Waals surface area contributed by atoms with Crippen molar-refractivity contribution in [2.75, 3.05) is 41.5 Å². The van der Waals surface area contributed by atoms with Gasteiger partial charge in [0.1, 0.15) is 6.54 Å². The molecule has 0 unspecified atom stereocenters. The zero-order chi connectivity index (χ0) is 17.8. The third-order valence-electron chi connectivity index (χ3n) is 4.58. The lowest BCUT2D eigenvalue weighted by Gasteiger charge is -2.33. The molecule has 0 radical (unpaired) electrons. The number of primary amides is 1. The number of nitrogens with one attached hydrogen (secondary N) is 1. The number of rotatable bonds is 5. The van der Waals surface area contributed by atoms with Gasteiger partial charge in [-0.15, -0.1) is 11.8 Å². The molecule has 25 heavy (non-hydrogen) atoms. The van der Waals surface area contributed by atoms with Crippen molar-refractivity contribution in [3.05, 3.63) is 24.3 Å². The minimum absolute atomic E-state index is 0.00181. The van der Waals surface area contributed by atoms with Gasteiger partial charge in [-0.1, -0.05) is 12.1 Å². The van der Waals surface area contributed by atoms with Crippen molar-refractivity contribution in [1.82, 2.24) is 4.90 Å². The van der Waals surface area contributed by atoms with Crippen LogP contribution in [0.2, 0.25) is 0 Å². The maximum absolute atomic E-state index is 12.3. The van der Waals surface area contributed by atoms with E-state index in [2.05, 4.69) is 10.2 Å². The largest absolute Gasteiger partial charge is 0.370 e. The van der Waals surface area contributed by atoms with Crippen molar-refractivity contribution < 1.29 is 14.4 Å². The summed E-state index contributed by atoms with van der Waals surface area (Å²) in [6.45, 7) is 1.52. The summed E-state index contributed by atoms with van der Waals surface area (Å²) in [7, 11) is 0. The Morgan fingerprint density at radius 1 is 1.24 bits per heavy atom. The molecule has 2 saturated heterocycles. The number of nitrogens with two attached hydrogens (primary N) is 1. The highest BCUT2D eigenvalue weighted by Gasteiger charge is 2.26. The fourth-order valence-electron chi connectivity index (χ4n) is 3.16. The molecule has 3 amide bonds. The number of carbonyl (C=O) groups excluding carboxylic acids is 3. The van der Waals surface area contributed by atoms with Crippen molar-refractivity contribution >= 4 is 40.9 Å². The van der Waals surface area contributed by atoms with Gasteiger partial charge in [0.2, 0.25) is 17.7 Å². The van der Waals surface area contributed by atoms with E-state index >= 15 is 0 Å². The summed E-state index contributed by atoms with van der Waals surface area (Å²) in [5, 5.41) is 2.91. The average molecular weight is 362 g/mol. The summed E-state index contributed by atoms with van der Waals surface area (Å²) in [5.41, 5.74) is 7.05. The first-order valence-electron chi connectivity index (χ1n) is 8.33. The second-order valence-electron chi connectivity index (χ2n) is 6.30. The first-order chi connectivity index (χ1) is 12.0. The molecule has 2 aliphatic heterocycles. The van der Waals surface area contributed by atoms with Crippen LogP contribution in [0.15, 0.2) is 24.3 Å². The molecular formula is C17H22N4O3S. The number of carbonyl (C=O) groups is 3. The van der Waals surface area contributed by atoms with E-state index < -0.39 is 0 Å². The van der Waals surface area contributed by atoms with Crippen molar-refractivity contribution in [2.24, 2.45) is 11.7 Å². The van der Waals surface area contributed by atoms with E-state index in [1.165, 1.54) is 11.8 Å². The minimum Gasteiger partial charge on any atom is -0.370 e. The molecule has 1 aromatic carbocycles. The minimum atomic E-state index is -0.241. The average Bonchev–Trinajstić information content (AvgIpc) is 3.00. The van der Waals surface area contributed by atoms with E-state index in [9.17, 15) is 14.4 Å². The summed E-state index contributed by atoms with van der Waals surface area (Å²) in [4.78, 5) is 39.0. The molecule has 2 aliphatic rings. The number of thioether (sulfide) groups is 1. The smallest absolute Gasteiger partial charge is 0.244 e. The molecule has 3 N–H and O–H groups in total. The van der Waals surface area contributed by atoms with Gasteiger partial charge in [0.15, 0.2) is 0 Å². The predicted molar refractivity (Wildman–Crippen MR) is 98.2 cm³/mol. The second kappa shape index (κ2) is 7.77. The molecule has 0 atom stereocenters. The molecule has 7 nitrogen and oxygen atoms in total. The van der Waals surface area contributed by atoms with Gasteiger partial charge in [-0.25, -0.2) is 0 Å². The predicted octanol–water partition coefficient (Wildman–Crippen LogP) is 0.860. The zero-order valence-electron chi connectivity index (χ0n) is 13.9. The van der Waals surface area contributed by atoms with Gasteiger partial charge in [0.05, 0.1) is 23.0 Å². The highest BCUT2D eigenvalue weighted by molar-refractivity contribution is 8.00. The quantitative estimate of drug-likeness (QED) is 0.810. The van der Waals surface area contributed by atoms with Crippen LogP contribution in [-0.2, 0) is 14.4 Å². The first kappa shape index (κ1) is 17.6. The number of benzene rings is 1. The summed E-state index contributed by atoms with van der Waals surface area (Å²) in [6, 6.07) is 7.60. The molecule has 0 aromatic heterocycles. The van der Waals surface area contributed by atoms with E-state index in [-0.39, 0.29) is 30.2 Å². The third-order valence-corrected chi connectivity index (χ3v) is 5.52. The SMILES string of the molecule is NC(=O)C1CCN(c2ccccc2NC(=O)CN2CSCC2=O)CC1. The summed E-state index contributed by atoms with van der Waals surface area (Å²) in [5.74, 6) is 0.496. The monoisotopic (exact) mass is 362 g/mol. The molecule has 0 bridgehead atoms. The topological polar surface area (TPSA) is 95.7 Å². The highest BCUT2D eigenvalue weighted by Crippen LogP contribution is 2.29. The van der Waals surface area contributed by atoms with Gasteiger partial charge in [0, 0.05) is 19.0 Å². The lowest BCUT2D eigenvalue weighted by Crippen LogP contribution is -2.39. The number of hydrogen-bond acceptors (Lipinski definition) is 5. The summed E-state index contributed by atoms with van der Waals surface area (Å²) in [6.07, 6.45) is 1.44. The van der Waals surface area contributed by atoms with Gasteiger partial charge in [0.25, 0.3) is 0 Å². The van der Waals surface area contributed by atoms with Crippen LogP contribution < -0.4 is 16.0 Å². The van der Waals surface area contributed by atoms with Gasteiger partial charge in [-0.3, -0.25) is 14.4 Å². The molecule has 0 spiro atoms. The Morgan fingerprint density at radius 3 is 2.60 bits per heavy atom. The number of amides is 3. The molecule has 1 aromatic rings. The number of para-hydroxylation sites is 2. The Kier molecular flexibility index (Phi) is 5.47. The van der Waals surface area contributed by atoms with Crippen molar-refractivity contribution in [1.29, 1.82) is 0 Å². The third kappa shape index (κ3) is 4.25. The van der Waals surface area contributed by atoms with Crippen LogP contribution in [0.4, 0.5) is 11.4 Å². The number of piperidine rings is 1. The van der Waals surface area contributed by atoms with Crippen LogP contribution in [0, 0.1) is 5.92 Å². The van der Waals surface area contributed by atoms with Crippen LogP contribution >= 0.6 is 11.8 Å². The fourth-order valence-corrected chi connectivity index (χ4v) is 4.07. The van der Waals surface area contributed by atoms with E-state index in [1.807, 2.05) is 24.3 Å². The molecule has 2 fully saturated rings. The highest BCUT2D eigenvalue weighted by atomic mass is 32.2. The Hall–Kier alpha value is -2.22. The van der Waals surface area contributed by atoms with Crippen molar-refractivity contribution in [3.63, 3.8) is 0 Å². The van der Waals surface area contributed by atoms with Crippen LogP contribution in [-0.4, -0.2) is 53.9 Å². The van der Waals surface area contributed by atoms with Crippen LogP contribution in [0.3, 0.4) is 0 Å². The first-order valence-corrected chi connectivity index (χ1v) is 9.48. The Labute approximate surface area is 150 Å². The van der Waals surface area contributed by atoms with E-state index in [0.717, 1.165) is 37.3 Å². The van der Waals surface area contributed by atoms with Gasteiger partial charge in [-0.05, 0) is 25.0 Å². The lowest BCUT2D eigenvalue weighted by atomic mass is 9.96.